The van der Waals surface area contributed by atoms with Gasteiger partial charge in [-0.1, -0.05) is 24.3 Å². The number of ketones is 1. The molecule has 2 aliphatic heterocycles. The number of carbonyl (C=O) groups is 1. The number of allylic oxidation sites excluding steroid dienone is 5. The minimum absolute atomic E-state index is 0.0509. The third-order valence-corrected chi connectivity index (χ3v) is 3.23. The zero-order valence-electron chi connectivity index (χ0n) is 10.5. The molecule has 0 spiro atoms. The summed E-state index contributed by atoms with van der Waals surface area (Å²) in [6.45, 7) is 1.11. The van der Waals surface area contributed by atoms with Gasteiger partial charge in [-0.25, -0.2) is 0 Å². The monoisotopic (exact) mass is 250 g/mol. The summed E-state index contributed by atoms with van der Waals surface area (Å²) in [4.78, 5) is 15.0. The van der Waals surface area contributed by atoms with Crippen molar-refractivity contribution in [3.05, 3.63) is 65.4 Å². The zero-order chi connectivity index (χ0) is 13.1. The number of benzene rings is 1. The number of hydrogen-bond donors (Lipinski definition) is 1. The molecule has 0 bridgehead atoms. The maximum absolute atomic E-state index is 11.0. The smallest absolute Gasteiger partial charge is 0.188 e. The van der Waals surface area contributed by atoms with Crippen molar-refractivity contribution in [2.45, 2.75) is 6.42 Å². The number of aliphatic imine (C=N–C) groups is 1. The van der Waals surface area contributed by atoms with Gasteiger partial charge in [0.05, 0.1) is 5.70 Å². The molecule has 1 aromatic carbocycles. The third-order valence-electron chi connectivity index (χ3n) is 3.23. The van der Waals surface area contributed by atoms with E-state index >= 15 is 0 Å². The van der Waals surface area contributed by atoms with E-state index in [-0.39, 0.29) is 5.78 Å². The van der Waals surface area contributed by atoms with Gasteiger partial charge in [-0.3, -0.25) is 9.79 Å². The first kappa shape index (κ1) is 11.7. The van der Waals surface area contributed by atoms with Crippen LogP contribution in [-0.2, 0) is 11.2 Å². The van der Waals surface area contributed by atoms with E-state index < -0.39 is 0 Å². The van der Waals surface area contributed by atoms with Gasteiger partial charge in [-0.15, -0.1) is 0 Å². The van der Waals surface area contributed by atoms with Crippen molar-refractivity contribution in [1.29, 1.82) is 0 Å². The van der Waals surface area contributed by atoms with Gasteiger partial charge in [-0.2, -0.15) is 0 Å². The van der Waals surface area contributed by atoms with Crippen molar-refractivity contribution in [2.75, 3.05) is 11.9 Å². The minimum atomic E-state index is 0.0509. The molecule has 0 radical (unpaired) electrons. The van der Waals surface area contributed by atoms with Crippen LogP contribution in [0.1, 0.15) is 5.56 Å². The van der Waals surface area contributed by atoms with Gasteiger partial charge in [0.2, 0.25) is 0 Å². The van der Waals surface area contributed by atoms with Crippen molar-refractivity contribution in [3.63, 3.8) is 0 Å². The summed E-state index contributed by atoms with van der Waals surface area (Å²) in [7, 11) is 0. The second kappa shape index (κ2) is 5.06. The molecule has 0 aromatic heterocycles. The van der Waals surface area contributed by atoms with Gasteiger partial charge < -0.3 is 5.32 Å². The predicted molar refractivity (Wildman–Crippen MR) is 77.4 cm³/mol. The zero-order valence-corrected chi connectivity index (χ0v) is 10.5. The van der Waals surface area contributed by atoms with E-state index in [0.717, 1.165) is 12.2 Å². The molecule has 1 aliphatic carbocycles. The number of rotatable bonds is 0. The second-order valence-electron chi connectivity index (χ2n) is 4.47. The van der Waals surface area contributed by atoms with Crippen molar-refractivity contribution in [2.24, 2.45) is 4.99 Å². The van der Waals surface area contributed by atoms with Crippen LogP contribution in [0.4, 0.5) is 5.69 Å². The highest BCUT2D eigenvalue weighted by Gasteiger charge is 2.15. The summed E-state index contributed by atoms with van der Waals surface area (Å²) < 4.78 is 0. The van der Waals surface area contributed by atoms with Crippen molar-refractivity contribution >= 4 is 17.7 Å². The minimum Gasteiger partial charge on any atom is -0.384 e. The number of carbonyl (C=O) groups excluding carboxylic acids is 1. The fourth-order valence-electron chi connectivity index (χ4n) is 2.25. The molecule has 0 fully saturated rings. The fraction of sp³-hybridized carbons (Fsp3) is 0.125. The van der Waals surface area contributed by atoms with Crippen LogP contribution < -0.4 is 5.32 Å². The van der Waals surface area contributed by atoms with E-state index in [1.807, 2.05) is 6.08 Å². The molecule has 0 unspecified atom stereocenters. The molecule has 0 amide bonds. The Balaban J connectivity index is 0.000000117. The number of hydrogen-bond acceptors (Lipinski definition) is 3. The summed E-state index contributed by atoms with van der Waals surface area (Å²) >= 11 is 0. The fourth-order valence-corrected chi connectivity index (χ4v) is 2.25. The highest BCUT2D eigenvalue weighted by Crippen LogP contribution is 2.20. The molecular formula is C16H14N2O. The topological polar surface area (TPSA) is 41.5 Å². The van der Waals surface area contributed by atoms with Gasteiger partial charge in [0.25, 0.3) is 0 Å². The molecule has 0 saturated carbocycles. The summed E-state index contributed by atoms with van der Waals surface area (Å²) in [5.41, 5.74) is 4.27. The first-order valence-electron chi connectivity index (χ1n) is 6.34. The summed E-state index contributed by atoms with van der Waals surface area (Å²) in [5, 5.41) is 3.30. The lowest BCUT2D eigenvalue weighted by atomic mass is 10.0. The maximum Gasteiger partial charge on any atom is 0.188 e. The second-order valence-corrected chi connectivity index (χ2v) is 4.47. The van der Waals surface area contributed by atoms with E-state index in [4.69, 9.17) is 0 Å². The number of para-hydroxylation sites is 1. The molecular weight excluding hydrogens is 236 g/mol. The van der Waals surface area contributed by atoms with Gasteiger partial charge in [-0.05, 0) is 36.3 Å². The van der Waals surface area contributed by atoms with Crippen LogP contribution in [0.2, 0.25) is 0 Å². The first-order valence-corrected chi connectivity index (χ1v) is 6.34. The van der Waals surface area contributed by atoms with Crippen LogP contribution >= 0.6 is 0 Å². The Kier molecular flexibility index (Phi) is 3.11. The van der Waals surface area contributed by atoms with E-state index in [1.165, 1.54) is 17.7 Å². The normalized spacial score (nSPS) is 17.8. The Hall–Kier alpha value is -2.42. The van der Waals surface area contributed by atoms with Crippen LogP contribution in [0.5, 0.6) is 0 Å². The summed E-state index contributed by atoms with van der Waals surface area (Å²) in [6, 6.07) is 8.46. The van der Waals surface area contributed by atoms with Crippen molar-refractivity contribution in [1.82, 2.24) is 0 Å². The SMILES string of the molecule is O=C1C=CC=C2N=CC=C12.c1ccc2c(c1)CCN2. The number of anilines is 1. The van der Waals surface area contributed by atoms with E-state index in [1.54, 1.807) is 24.4 Å². The lowest BCUT2D eigenvalue weighted by Gasteiger charge is -2.00. The lowest BCUT2D eigenvalue weighted by molar-refractivity contribution is -0.111. The van der Waals surface area contributed by atoms with E-state index in [0.29, 0.717) is 5.57 Å². The van der Waals surface area contributed by atoms with Gasteiger partial charge in [0.15, 0.2) is 5.78 Å². The van der Waals surface area contributed by atoms with Crippen LogP contribution in [0.25, 0.3) is 0 Å². The van der Waals surface area contributed by atoms with Crippen molar-refractivity contribution < 1.29 is 4.79 Å². The third kappa shape index (κ3) is 2.40. The number of nitrogens with zero attached hydrogens (tertiary/aromatic N) is 1. The highest BCUT2D eigenvalue weighted by molar-refractivity contribution is 6.12. The van der Waals surface area contributed by atoms with E-state index in [9.17, 15) is 4.79 Å². The molecule has 1 N–H and O–H groups in total. The maximum atomic E-state index is 11.0. The first-order chi connectivity index (χ1) is 9.34. The van der Waals surface area contributed by atoms with Crippen LogP contribution in [0.3, 0.4) is 0 Å². The Morgan fingerprint density at radius 2 is 2.05 bits per heavy atom. The highest BCUT2D eigenvalue weighted by atomic mass is 16.1. The van der Waals surface area contributed by atoms with Gasteiger partial charge in [0, 0.05) is 24.0 Å². The molecule has 1 aromatic rings. The molecule has 94 valence electrons. The van der Waals surface area contributed by atoms with Gasteiger partial charge in [0.1, 0.15) is 0 Å². The average Bonchev–Trinajstić information content (AvgIpc) is 3.08. The number of nitrogens with one attached hydrogen (secondary N) is 1. The lowest BCUT2D eigenvalue weighted by Crippen LogP contribution is -2.00. The largest absolute Gasteiger partial charge is 0.384 e. The number of fused-ring (bicyclic) bond motifs is 2. The van der Waals surface area contributed by atoms with Crippen molar-refractivity contribution in [3.8, 4) is 0 Å². The average molecular weight is 250 g/mol. The van der Waals surface area contributed by atoms with Gasteiger partial charge >= 0.3 is 0 Å². The standard InChI is InChI=1S/C8H5NO.C8H9N/c10-8-3-1-2-7-6(8)4-5-9-7;1-2-4-8-7(3-1)5-6-9-8/h1-5H;1-4,9H,5-6H2. The molecule has 2 heterocycles. The Morgan fingerprint density at radius 3 is 2.89 bits per heavy atom. The Morgan fingerprint density at radius 1 is 1.16 bits per heavy atom. The molecule has 0 saturated heterocycles. The molecule has 0 atom stereocenters. The van der Waals surface area contributed by atoms with Crippen LogP contribution in [0, 0.1) is 0 Å². The van der Waals surface area contributed by atoms with Crippen LogP contribution in [-0.4, -0.2) is 18.5 Å². The predicted octanol–water partition coefficient (Wildman–Crippen LogP) is 2.67. The molecule has 19 heavy (non-hydrogen) atoms. The molecule has 3 heteroatoms. The molecule has 3 aliphatic rings. The quantitative estimate of drug-likeness (QED) is 0.769. The Bertz CT molecular complexity index is 607. The summed E-state index contributed by atoms with van der Waals surface area (Å²) in [6.07, 6.45) is 9.66. The van der Waals surface area contributed by atoms with E-state index in [2.05, 4.69) is 34.6 Å². The molecule has 3 nitrogen and oxygen atoms in total. The summed E-state index contributed by atoms with van der Waals surface area (Å²) in [5.74, 6) is 0.0509. The van der Waals surface area contributed by atoms with Crippen LogP contribution in [0.15, 0.2) is 64.8 Å². The molecule has 4 rings (SSSR count). The Labute approximate surface area is 112 Å².